The number of benzene rings is 2. The van der Waals surface area contributed by atoms with E-state index in [1.165, 1.54) is 40.9 Å². The van der Waals surface area contributed by atoms with Crippen LogP contribution in [0.25, 0.3) is 6.08 Å². The lowest BCUT2D eigenvalue weighted by Gasteiger charge is -2.26. The monoisotopic (exact) mass is 497 g/mol. The molecule has 3 aromatic rings. The molecule has 0 bridgehead atoms. The summed E-state index contributed by atoms with van der Waals surface area (Å²) in [5.41, 5.74) is 1.37. The van der Waals surface area contributed by atoms with E-state index >= 15 is 0 Å². The van der Waals surface area contributed by atoms with Crippen LogP contribution >= 0.6 is 0 Å². The van der Waals surface area contributed by atoms with Gasteiger partial charge in [0.2, 0.25) is 15.9 Å². The number of amides is 1. The zero-order valence-corrected chi connectivity index (χ0v) is 19.8. The molecular weight excluding hydrogens is 473 g/mol. The topological polar surface area (TPSA) is 97.8 Å². The number of pyridine rings is 1. The lowest BCUT2D eigenvalue weighted by Crippen LogP contribution is -2.40. The van der Waals surface area contributed by atoms with E-state index < -0.39 is 21.7 Å². The third-order valence-corrected chi connectivity index (χ3v) is 7.33. The third kappa shape index (κ3) is 6.10. The summed E-state index contributed by atoms with van der Waals surface area (Å²) in [6, 6.07) is 12.4. The number of anilines is 1. The SMILES string of the molecule is Cc1ccc(NC(=O)/C=C/c2ccc(Oc3cccnc3)c(F)c2)cc1S(=O)(=O)N1CCOCC1. The molecule has 0 unspecified atom stereocenters. The molecule has 8 nitrogen and oxygen atoms in total. The molecule has 0 radical (unpaired) electrons. The van der Waals surface area contributed by atoms with Gasteiger partial charge < -0.3 is 14.8 Å². The van der Waals surface area contributed by atoms with E-state index in [2.05, 4.69) is 10.3 Å². The molecule has 1 saturated heterocycles. The first-order chi connectivity index (χ1) is 16.8. The normalized spacial score (nSPS) is 14.7. The van der Waals surface area contributed by atoms with E-state index in [4.69, 9.17) is 9.47 Å². The van der Waals surface area contributed by atoms with E-state index in [-0.39, 0.29) is 23.7 Å². The number of morpholine rings is 1. The molecule has 4 rings (SSSR count). The first kappa shape index (κ1) is 24.5. The van der Waals surface area contributed by atoms with Gasteiger partial charge in [-0.15, -0.1) is 0 Å². The molecule has 1 fully saturated rings. The smallest absolute Gasteiger partial charge is 0.248 e. The van der Waals surface area contributed by atoms with E-state index in [9.17, 15) is 17.6 Å². The summed E-state index contributed by atoms with van der Waals surface area (Å²) in [4.78, 5) is 16.5. The Hall–Kier alpha value is -3.60. The van der Waals surface area contributed by atoms with Crippen molar-refractivity contribution in [2.75, 3.05) is 31.6 Å². The molecule has 1 amide bonds. The summed E-state index contributed by atoms with van der Waals surface area (Å²) in [7, 11) is -3.71. The zero-order valence-electron chi connectivity index (χ0n) is 19.0. The lowest BCUT2D eigenvalue weighted by molar-refractivity contribution is -0.111. The van der Waals surface area contributed by atoms with Crippen LogP contribution in [0, 0.1) is 12.7 Å². The number of halogens is 1. The number of hydrogen-bond acceptors (Lipinski definition) is 6. The second-order valence-corrected chi connectivity index (χ2v) is 9.71. The van der Waals surface area contributed by atoms with Gasteiger partial charge in [0.15, 0.2) is 11.6 Å². The molecule has 1 N–H and O–H groups in total. The standard InChI is InChI=1S/C25H24FN3O5S/c1-18-4-7-20(16-24(18)35(31,32)29-11-13-33-14-12-29)28-25(30)9-6-19-5-8-23(22(26)15-19)34-21-3-2-10-27-17-21/h2-10,15-17H,11-14H2,1H3,(H,28,30)/b9-6+. The van der Waals surface area contributed by atoms with Crippen molar-refractivity contribution in [2.24, 2.45) is 0 Å². The minimum absolute atomic E-state index is 0.0354. The molecule has 0 spiro atoms. The molecule has 1 aromatic heterocycles. The number of nitrogens with zero attached hydrogens (tertiary/aromatic N) is 2. The Morgan fingerprint density at radius 2 is 1.97 bits per heavy atom. The van der Waals surface area contributed by atoms with Gasteiger partial charge in [0.1, 0.15) is 5.75 Å². The second kappa shape index (κ2) is 10.8. The molecule has 0 saturated carbocycles. The predicted molar refractivity (Wildman–Crippen MR) is 129 cm³/mol. The van der Waals surface area contributed by atoms with Gasteiger partial charge in [-0.05, 0) is 60.5 Å². The quantitative estimate of drug-likeness (QED) is 0.496. The number of nitrogens with one attached hydrogen (secondary N) is 1. The van der Waals surface area contributed by atoms with Crippen molar-refractivity contribution in [2.45, 2.75) is 11.8 Å². The first-order valence-corrected chi connectivity index (χ1v) is 12.3. The van der Waals surface area contributed by atoms with Crippen molar-refractivity contribution in [1.82, 2.24) is 9.29 Å². The number of rotatable bonds is 7. The maximum atomic E-state index is 14.4. The van der Waals surface area contributed by atoms with Crippen molar-refractivity contribution in [3.8, 4) is 11.5 Å². The molecule has 1 aliphatic rings. The van der Waals surface area contributed by atoms with Crippen LogP contribution in [0.4, 0.5) is 10.1 Å². The highest BCUT2D eigenvalue weighted by atomic mass is 32.2. The number of hydrogen-bond donors (Lipinski definition) is 1. The number of aryl methyl sites for hydroxylation is 1. The summed E-state index contributed by atoms with van der Waals surface area (Å²) in [5.74, 6) is -0.636. The van der Waals surface area contributed by atoms with Crippen molar-refractivity contribution in [1.29, 1.82) is 0 Å². The van der Waals surface area contributed by atoms with Crippen LogP contribution in [-0.4, -0.2) is 49.9 Å². The highest BCUT2D eigenvalue weighted by Gasteiger charge is 2.28. The van der Waals surface area contributed by atoms with Crippen molar-refractivity contribution >= 4 is 27.7 Å². The Bertz CT molecular complexity index is 1340. The highest BCUT2D eigenvalue weighted by Crippen LogP contribution is 2.26. The van der Waals surface area contributed by atoms with Gasteiger partial charge in [-0.2, -0.15) is 4.31 Å². The number of carbonyl (C=O) groups is 1. The van der Waals surface area contributed by atoms with Crippen LogP contribution < -0.4 is 10.1 Å². The van der Waals surface area contributed by atoms with Crippen LogP contribution in [0.5, 0.6) is 11.5 Å². The molecule has 0 aliphatic carbocycles. The summed E-state index contributed by atoms with van der Waals surface area (Å²) < 4.78 is 52.5. The van der Waals surface area contributed by atoms with Gasteiger partial charge in [0.25, 0.3) is 0 Å². The average Bonchev–Trinajstić information content (AvgIpc) is 2.86. The van der Waals surface area contributed by atoms with Gasteiger partial charge in [-0.3, -0.25) is 9.78 Å². The molecule has 2 heterocycles. The van der Waals surface area contributed by atoms with E-state index in [1.54, 1.807) is 43.5 Å². The van der Waals surface area contributed by atoms with Crippen LogP contribution in [0.3, 0.4) is 0 Å². The molecule has 1 aliphatic heterocycles. The molecule has 0 atom stereocenters. The van der Waals surface area contributed by atoms with E-state index in [1.807, 2.05) is 0 Å². The Labute approximate surface area is 203 Å². The van der Waals surface area contributed by atoms with E-state index in [0.717, 1.165) is 0 Å². The Kier molecular flexibility index (Phi) is 7.54. The number of ether oxygens (including phenoxy) is 2. The largest absolute Gasteiger partial charge is 0.453 e. The Morgan fingerprint density at radius 3 is 2.69 bits per heavy atom. The van der Waals surface area contributed by atoms with Crippen molar-refractivity contribution < 1.29 is 27.1 Å². The van der Waals surface area contributed by atoms with Crippen LogP contribution in [-0.2, 0) is 19.6 Å². The van der Waals surface area contributed by atoms with Gasteiger partial charge in [0, 0.05) is 31.0 Å². The maximum Gasteiger partial charge on any atom is 0.248 e. The molecule has 182 valence electrons. The molecule has 35 heavy (non-hydrogen) atoms. The highest BCUT2D eigenvalue weighted by molar-refractivity contribution is 7.89. The fourth-order valence-corrected chi connectivity index (χ4v) is 5.13. The number of aromatic nitrogens is 1. The molecule has 10 heteroatoms. The average molecular weight is 498 g/mol. The zero-order chi connectivity index (χ0) is 24.8. The molecular formula is C25H24FN3O5S. The second-order valence-electron chi connectivity index (χ2n) is 7.80. The Morgan fingerprint density at radius 1 is 1.17 bits per heavy atom. The minimum Gasteiger partial charge on any atom is -0.453 e. The number of carbonyl (C=O) groups excluding carboxylic acids is 1. The van der Waals surface area contributed by atoms with Crippen LogP contribution in [0.2, 0.25) is 0 Å². The van der Waals surface area contributed by atoms with Gasteiger partial charge in [-0.1, -0.05) is 12.1 Å². The van der Waals surface area contributed by atoms with Gasteiger partial charge in [-0.25, -0.2) is 12.8 Å². The third-order valence-electron chi connectivity index (χ3n) is 5.29. The summed E-state index contributed by atoms with van der Waals surface area (Å²) >= 11 is 0. The van der Waals surface area contributed by atoms with Crippen LogP contribution in [0.1, 0.15) is 11.1 Å². The van der Waals surface area contributed by atoms with Gasteiger partial charge >= 0.3 is 0 Å². The summed E-state index contributed by atoms with van der Waals surface area (Å²) in [6.45, 7) is 2.95. The lowest BCUT2D eigenvalue weighted by atomic mass is 10.2. The molecule has 2 aromatic carbocycles. The number of sulfonamides is 1. The van der Waals surface area contributed by atoms with Crippen molar-refractivity contribution in [3.63, 3.8) is 0 Å². The van der Waals surface area contributed by atoms with Crippen molar-refractivity contribution in [3.05, 3.63) is 83.9 Å². The minimum atomic E-state index is -3.71. The Balaban J connectivity index is 1.43. The van der Waals surface area contributed by atoms with E-state index in [0.29, 0.717) is 35.8 Å². The summed E-state index contributed by atoms with van der Waals surface area (Å²) in [5, 5.41) is 2.65. The summed E-state index contributed by atoms with van der Waals surface area (Å²) in [6.07, 6.45) is 5.75. The maximum absolute atomic E-state index is 14.4. The predicted octanol–water partition coefficient (Wildman–Crippen LogP) is 3.99. The first-order valence-electron chi connectivity index (χ1n) is 10.9. The fourth-order valence-electron chi connectivity index (χ4n) is 3.48. The van der Waals surface area contributed by atoms with Gasteiger partial charge in [0.05, 0.1) is 24.3 Å². The van der Waals surface area contributed by atoms with Crippen LogP contribution in [0.15, 0.2) is 71.9 Å². The fraction of sp³-hybridized carbons (Fsp3) is 0.200.